The van der Waals surface area contributed by atoms with E-state index in [-0.39, 0.29) is 6.54 Å². The lowest BCUT2D eigenvalue weighted by Crippen LogP contribution is -2.08. The first kappa shape index (κ1) is 14.1. The molecule has 0 aliphatic heterocycles. The third kappa shape index (κ3) is 3.59. The number of rotatable bonds is 4. The van der Waals surface area contributed by atoms with Crippen molar-refractivity contribution in [1.82, 2.24) is 9.97 Å². The largest absolute Gasteiger partial charge is 0.481 e. The number of benzene rings is 1. The lowest BCUT2D eigenvalue weighted by molar-refractivity contribution is -0.137. The molecule has 1 heterocycles. The number of hydrogen-bond acceptors (Lipinski definition) is 4. The molecule has 0 atom stereocenters. The number of hydrogen-bond donors (Lipinski definition) is 1. The summed E-state index contributed by atoms with van der Waals surface area (Å²) in [4.78, 5) is 7.96. The van der Waals surface area contributed by atoms with E-state index in [0.717, 1.165) is 12.1 Å². The third-order valence-electron chi connectivity index (χ3n) is 2.54. The minimum absolute atomic E-state index is 0.192. The number of anilines is 1. The van der Waals surface area contributed by atoms with E-state index in [2.05, 4.69) is 15.3 Å². The zero-order valence-electron chi connectivity index (χ0n) is 10.6. The number of nitrogens with one attached hydrogen (secondary N) is 1. The standard InChI is InChI=1S/C13H12F3N3O/c1-20-11-5-6-17-12(19-11)18-8-9-3-2-4-10(7-9)13(14,15)16/h2-7H,8H2,1H3,(H,17,18,19). The molecule has 0 radical (unpaired) electrons. The molecule has 20 heavy (non-hydrogen) atoms. The highest BCUT2D eigenvalue weighted by atomic mass is 19.4. The second-order valence-corrected chi connectivity index (χ2v) is 3.97. The maximum absolute atomic E-state index is 12.6. The van der Waals surface area contributed by atoms with Crippen LogP contribution in [-0.2, 0) is 12.7 Å². The second kappa shape index (κ2) is 5.77. The smallest absolute Gasteiger partial charge is 0.416 e. The molecule has 0 amide bonds. The fourth-order valence-corrected chi connectivity index (χ4v) is 1.58. The predicted molar refractivity (Wildman–Crippen MR) is 67.4 cm³/mol. The van der Waals surface area contributed by atoms with E-state index in [1.165, 1.54) is 19.4 Å². The van der Waals surface area contributed by atoms with Gasteiger partial charge < -0.3 is 10.1 Å². The van der Waals surface area contributed by atoms with E-state index >= 15 is 0 Å². The van der Waals surface area contributed by atoms with E-state index in [1.54, 1.807) is 12.1 Å². The van der Waals surface area contributed by atoms with Crippen LogP contribution in [0.2, 0.25) is 0 Å². The van der Waals surface area contributed by atoms with Gasteiger partial charge in [0.25, 0.3) is 0 Å². The van der Waals surface area contributed by atoms with E-state index in [4.69, 9.17) is 4.74 Å². The maximum atomic E-state index is 12.6. The van der Waals surface area contributed by atoms with Gasteiger partial charge in [0, 0.05) is 18.8 Å². The van der Waals surface area contributed by atoms with Crippen molar-refractivity contribution < 1.29 is 17.9 Å². The van der Waals surface area contributed by atoms with Crippen LogP contribution in [0.3, 0.4) is 0 Å². The molecule has 2 rings (SSSR count). The molecule has 0 aliphatic rings. The SMILES string of the molecule is COc1ccnc(NCc2cccc(C(F)(F)F)c2)n1. The van der Waals surface area contributed by atoms with Crippen LogP contribution in [-0.4, -0.2) is 17.1 Å². The Labute approximate surface area is 113 Å². The average molecular weight is 283 g/mol. The minimum Gasteiger partial charge on any atom is -0.481 e. The van der Waals surface area contributed by atoms with E-state index < -0.39 is 11.7 Å². The van der Waals surface area contributed by atoms with Gasteiger partial charge in [-0.15, -0.1) is 0 Å². The zero-order valence-corrected chi connectivity index (χ0v) is 10.6. The van der Waals surface area contributed by atoms with Crippen LogP contribution in [0.25, 0.3) is 0 Å². The molecular weight excluding hydrogens is 271 g/mol. The molecule has 1 aromatic carbocycles. The molecular formula is C13H12F3N3O. The number of methoxy groups -OCH3 is 1. The number of nitrogens with zero attached hydrogens (tertiary/aromatic N) is 2. The first-order valence-electron chi connectivity index (χ1n) is 5.76. The molecule has 0 saturated heterocycles. The van der Waals surface area contributed by atoms with E-state index in [1.807, 2.05) is 0 Å². The topological polar surface area (TPSA) is 47.0 Å². The summed E-state index contributed by atoms with van der Waals surface area (Å²) in [5.74, 6) is 0.674. The van der Waals surface area contributed by atoms with Crippen molar-refractivity contribution >= 4 is 5.95 Å². The van der Waals surface area contributed by atoms with E-state index in [0.29, 0.717) is 17.4 Å². The highest BCUT2D eigenvalue weighted by molar-refractivity contribution is 5.32. The summed E-state index contributed by atoms with van der Waals surface area (Å²) in [5, 5.41) is 2.84. The fourth-order valence-electron chi connectivity index (χ4n) is 1.58. The predicted octanol–water partition coefficient (Wildman–Crippen LogP) is 3.12. The number of halogens is 3. The first-order chi connectivity index (χ1) is 9.49. The van der Waals surface area contributed by atoms with Crippen molar-refractivity contribution in [2.24, 2.45) is 0 Å². The average Bonchev–Trinajstić information content (AvgIpc) is 2.45. The van der Waals surface area contributed by atoms with Gasteiger partial charge in [-0.25, -0.2) is 4.98 Å². The number of alkyl halides is 3. The van der Waals surface area contributed by atoms with Crippen molar-refractivity contribution in [3.05, 3.63) is 47.7 Å². The Morgan fingerprint density at radius 1 is 1.25 bits per heavy atom. The van der Waals surface area contributed by atoms with Crippen LogP contribution >= 0.6 is 0 Å². The number of aromatic nitrogens is 2. The summed E-state index contributed by atoms with van der Waals surface area (Å²) in [6.07, 6.45) is -2.84. The van der Waals surface area contributed by atoms with Crippen molar-refractivity contribution in [1.29, 1.82) is 0 Å². The van der Waals surface area contributed by atoms with Gasteiger partial charge in [-0.2, -0.15) is 18.2 Å². The Bertz CT molecular complexity index is 587. The van der Waals surface area contributed by atoms with Crippen molar-refractivity contribution in [3.63, 3.8) is 0 Å². The summed E-state index contributed by atoms with van der Waals surface area (Å²) in [7, 11) is 1.47. The van der Waals surface area contributed by atoms with Crippen molar-refractivity contribution in [2.45, 2.75) is 12.7 Å². The summed E-state index contributed by atoms with van der Waals surface area (Å²) in [5.41, 5.74) is -0.186. The molecule has 0 unspecified atom stereocenters. The van der Waals surface area contributed by atoms with Gasteiger partial charge in [-0.05, 0) is 17.7 Å². The second-order valence-electron chi connectivity index (χ2n) is 3.97. The Morgan fingerprint density at radius 2 is 2.05 bits per heavy atom. The fraction of sp³-hybridized carbons (Fsp3) is 0.231. The Kier molecular flexibility index (Phi) is 4.07. The van der Waals surface area contributed by atoms with Crippen LogP contribution in [0.5, 0.6) is 5.88 Å². The Balaban J connectivity index is 2.07. The molecule has 1 N–H and O–H groups in total. The van der Waals surface area contributed by atoms with Gasteiger partial charge in [0.05, 0.1) is 12.7 Å². The first-order valence-corrected chi connectivity index (χ1v) is 5.76. The van der Waals surface area contributed by atoms with Gasteiger partial charge >= 0.3 is 6.18 Å². The molecule has 7 heteroatoms. The van der Waals surface area contributed by atoms with Crippen LogP contribution in [0.1, 0.15) is 11.1 Å². The number of ether oxygens (including phenoxy) is 1. The lowest BCUT2D eigenvalue weighted by Gasteiger charge is -2.09. The summed E-state index contributed by atoms with van der Waals surface area (Å²) in [6, 6.07) is 6.67. The van der Waals surface area contributed by atoms with Crippen LogP contribution in [0.4, 0.5) is 19.1 Å². The molecule has 0 aliphatic carbocycles. The highest BCUT2D eigenvalue weighted by Crippen LogP contribution is 2.29. The van der Waals surface area contributed by atoms with Crippen LogP contribution in [0, 0.1) is 0 Å². The molecule has 0 spiro atoms. The lowest BCUT2D eigenvalue weighted by atomic mass is 10.1. The quantitative estimate of drug-likeness (QED) is 0.936. The van der Waals surface area contributed by atoms with Crippen LogP contribution in [0.15, 0.2) is 36.5 Å². The van der Waals surface area contributed by atoms with Gasteiger partial charge in [0.15, 0.2) is 0 Å². The summed E-state index contributed by atoms with van der Waals surface area (Å²) >= 11 is 0. The van der Waals surface area contributed by atoms with Crippen LogP contribution < -0.4 is 10.1 Å². The van der Waals surface area contributed by atoms with E-state index in [9.17, 15) is 13.2 Å². The molecule has 2 aromatic rings. The highest BCUT2D eigenvalue weighted by Gasteiger charge is 2.30. The molecule has 0 saturated carbocycles. The van der Waals surface area contributed by atoms with Gasteiger partial charge in [0.1, 0.15) is 0 Å². The molecule has 0 bridgehead atoms. The van der Waals surface area contributed by atoms with Crippen molar-refractivity contribution in [3.8, 4) is 5.88 Å². The minimum atomic E-state index is -4.34. The van der Waals surface area contributed by atoms with Gasteiger partial charge in [-0.1, -0.05) is 12.1 Å². The molecule has 106 valence electrons. The maximum Gasteiger partial charge on any atom is 0.416 e. The monoisotopic (exact) mass is 283 g/mol. The summed E-state index contributed by atoms with van der Waals surface area (Å²) in [6.45, 7) is 0.192. The zero-order chi connectivity index (χ0) is 14.6. The van der Waals surface area contributed by atoms with Gasteiger partial charge in [-0.3, -0.25) is 0 Å². The normalized spacial score (nSPS) is 11.2. The van der Waals surface area contributed by atoms with Crippen molar-refractivity contribution in [2.75, 3.05) is 12.4 Å². The molecule has 0 fully saturated rings. The molecule has 4 nitrogen and oxygen atoms in total. The summed E-state index contributed by atoms with van der Waals surface area (Å²) < 4.78 is 42.6. The Hall–Kier alpha value is -2.31. The Morgan fingerprint density at radius 3 is 2.75 bits per heavy atom. The third-order valence-corrected chi connectivity index (χ3v) is 2.54. The molecule has 1 aromatic heterocycles. The van der Waals surface area contributed by atoms with Gasteiger partial charge in [0.2, 0.25) is 11.8 Å².